The molecule has 1 heteroatoms. The van der Waals surface area contributed by atoms with Crippen LogP contribution in [0.2, 0.25) is 0 Å². The van der Waals surface area contributed by atoms with Gasteiger partial charge >= 0.3 is 0 Å². The first-order valence-electron chi connectivity index (χ1n) is 7.67. The Balaban J connectivity index is 4.29. The quantitative estimate of drug-likeness (QED) is 0.496. The summed E-state index contributed by atoms with van der Waals surface area (Å²) in [7, 11) is 2.24. The summed E-state index contributed by atoms with van der Waals surface area (Å²) in [6.45, 7) is 18.0. The van der Waals surface area contributed by atoms with Gasteiger partial charge in [-0.25, -0.2) is 0 Å². The summed E-state index contributed by atoms with van der Waals surface area (Å²) in [4.78, 5) is 2.47. The zero-order valence-electron chi connectivity index (χ0n) is 13.6. The standard InChI is InChI=1S/C17H35N/c1-8-17(9-2,11-10-15(3)4)12-13-18(7)14-16(5)6/h8,15-16H,1,9-14H2,2-7H3. The predicted molar refractivity (Wildman–Crippen MR) is 83.9 cm³/mol. The first-order chi connectivity index (χ1) is 8.35. The number of nitrogens with zero attached hydrogens (tertiary/aromatic N) is 1. The van der Waals surface area contributed by atoms with Gasteiger partial charge in [0, 0.05) is 6.54 Å². The number of hydrogen-bond donors (Lipinski definition) is 0. The van der Waals surface area contributed by atoms with Gasteiger partial charge in [0.1, 0.15) is 0 Å². The Morgan fingerprint density at radius 1 is 1.11 bits per heavy atom. The monoisotopic (exact) mass is 253 g/mol. The van der Waals surface area contributed by atoms with E-state index in [2.05, 4.69) is 59.2 Å². The van der Waals surface area contributed by atoms with Gasteiger partial charge in [-0.2, -0.15) is 0 Å². The number of allylic oxidation sites excluding steroid dienone is 1. The normalized spacial score (nSPS) is 15.4. The van der Waals surface area contributed by atoms with Crippen LogP contribution in [0, 0.1) is 17.3 Å². The summed E-state index contributed by atoms with van der Waals surface area (Å²) >= 11 is 0. The highest BCUT2D eigenvalue weighted by Gasteiger charge is 2.24. The van der Waals surface area contributed by atoms with Crippen molar-refractivity contribution in [1.29, 1.82) is 0 Å². The van der Waals surface area contributed by atoms with Crippen LogP contribution in [0.25, 0.3) is 0 Å². The lowest BCUT2D eigenvalue weighted by molar-refractivity contribution is 0.217. The zero-order valence-corrected chi connectivity index (χ0v) is 13.6. The van der Waals surface area contributed by atoms with Crippen LogP contribution in [-0.2, 0) is 0 Å². The molecule has 0 saturated heterocycles. The number of rotatable bonds is 10. The molecular weight excluding hydrogens is 218 g/mol. The van der Waals surface area contributed by atoms with Crippen molar-refractivity contribution in [3.8, 4) is 0 Å². The lowest BCUT2D eigenvalue weighted by Gasteiger charge is -2.32. The van der Waals surface area contributed by atoms with E-state index in [0.29, 0.717) is 5.41 Å². The second-order valence-electron chi connectivity index (χ2n) is 6.76. The molecule has 1 atom stereocenters. The second-order valence-corrected chi connectivity index (χ2v) is 6.76. The summed E-state index contributed by atoms with van der Waals surface area (Å²) < 4.78 is 0. The molecule has 0 aromatic heterocycles. The van der Waals surface area contributed by atoms with Crippen molar-refractivity contribution in [2.24, 2.45) is 17.3 Å². The van der Waals surface area contributed by atoms with Crippen LogP contribution in [0.1, 0.15) is 60.3 Å². The fourth-order valence-electron chi connectivity index (χ4n) is 2.53. The van der Waals surface area contributed by atoms with Crippen LogP contribution in [-0.4, -0.2) is 25.0 Å². The molecule has 1 unspecified atom stereocenters. The Morgan fingerprint density at radius 3 is 2.11 bits per heavy atom. The third kappa shape index (κ3) is 7.20. The minimum absolute atomic E-state index is 0.357. The van der Waals surface area contributed by atoms with E-state index in [1.807, 2.05) is 0 Å². The van der Waals surface area contributed by atoms with E-state index in [4.69, 9.17) is 0 Å². The van der Waals surface area contributed by atoms with Crippen LogP contribution in [0.3, 0.4) is 0 Å². The highest BCUT2D eigenvalue weighted by molar-refractivity contribution is 4.94. The Labute approximate surface area is 116 Å². The molecule has 0 bridgehead atoms. The first kappa shape index (κ1) is 17.7. The third-order valence-electron chi connectivity index (χ3n) is 4.02. The van der Waals surface area contributed by atoms with Gasteiger partial charge in [-0.05, 0) is 50.1 Å². The maximum absolute atomic E-state index is 4.10. The summed E-state index contributed by atoms with van der Waals surface area (Å²) in [5.74, 6) is 1.55. The van der Waals surface area contributed by atoms with Gasteiger partial charge in [0.2, 0.25) is 0 Å². The van der Waals surface area contributed by atoms with Gasteiger partial charge in [-0.3, -0.25) is 0 Å². The average Bonchev–Trinajstić information content (AvgIpc) is 2.29. The molecule has 108 valence electrons. The van der Waals surface area contributed by atoms with Crippen LogP contribution < -0.4 is 0 Å². The molecule has 0 rings (SSSR count). The molecule has 0 spiro atoms. The minimum Gasteiger partial charge on any atom is -0.306 e. The molecule has 0 fully saturated rings. The zero-order chi connectivity index (χ0) is 14.2. The molecule has 0 aliphatic rings. The fourth-order valence-corrected chi connectivity index (χ4v) is 2.53. The third-order valence-corrected chi connectivity index (χ3v) is 4.02. The Kier molecular flexibility index (Phi) is 8.60. The summed E-state index contributed by atoms with van der Waals surface area (Å²) in [5.41, 5.74) is 0.357. The summed E-state index contributed by atoms with van der Waals surface area (Å²) in [5, 5.41) is 0. The predicted octanol–water partition coefficient (Wildman–Crippen LogP) is 4.98. The highest BCUT2D eigenvalue weighted by Crippen LogP contribution is 2.35. The Morgan fingerprint density at radius 2 is 1.72 bits per heavy atom. The highest BCUT2D eigenvalue weighted by atomic mass is 15.1. The van der Waals surface area contributed by atoms with E-state index in [1.54, 1.807) is 0 Å². The van der Waals surface area contributed by atoms with Crippen LogP contribution in [0.4, 0.5) is 0 Å². The summed E-state index contributed by atoms with van der Waals surface area (Å²) in [6.07, 6.45) is 7.30. The fraction of sp³-hybridized carbons (Fsp3) is 0.882. The minimum atomic E-state index is 0.357. The van der Waals surface area contributed by atoms with Crippen molar-refractivity contribution < 1.29 is 0 Å². The van der Waals surface area contributed by atoms with Crippen LogP contribution in [0.5, 0.6) is 0 Å². The van der Waals surface area contributed by atoms with E-state index >= 15 is 0 Å². The van der Waals surface area contributed by atoms with Gasteiger partial charge in [0.25, 0.3) is 0 Å². The molecule has 0 saturated carbocycles. The smallest absolute Gasteiger partial charge is 0.000134 e. The van der Waals surface area contributed by atoms with Gasteiger partial charge in [-0.15, -0.1) is 6.58 Å². The van der Waals surface area contributed by atoms with Crippen molar-refractivity contribution in [2.75, 3.05) is 20.1 Å². The van der Waals surface area contributed by atoms with Gasteiger partial charge < -0.3 is 4.90 Å². The number of hydrogen-bond acceptors (Lipinski definition) is 1. The second kappa shape index (κ2) is 8.74. The lowest BCUT2D eigenvalue weighted by Crippen LogP contribution is -2.29. The van der Waals surface area contributed by atoms with E-state index in [1.165, 1.54) is 38.8 Å². The van der Waals surface area contributed by atoms with Crippen molar-refractivity contribution in [3.05, 3.63) is 12.7 Å². The molecule has 18 heavy (non-hydrogen) atoms. The SMILES string of the molecule is C=CC(CC)(CCC(C)C)CCN(C)CC(C)C. The summed E-state index contributed by atoms with van der Waals surface area (Å²) in [6, 6.07) is 0. The van der Waals surface area contributed by atoms with Crippen LogP contribution >= 0.6 is 0 Å². The molecule has 0 aliphatic carbocycles. The van der Waals surface area contributed by atoms with E-state index in [9.17, 15) is 0 Å². The van der Waals surface area contributed by atoms with Crippen molar-refractivity contribution >= 4 is 0 Å². The largest absolute Gasteiger partial charge is 0.306 e. The molecule has 0 aromatic carbocycles. The molecule has 0 aliphatic heterocycles. The Hall–Kier alpha value is -0.300. The van der Waals surface area contributed by atoms with Crippen molar-refractivity contribution in [1.82, 2.24) is 4.90 Å². The average molecular weight is 253 g/mol. The van der Waals surface area contributed by atoms with Gasteiger partial charge in [0.15, 0.2) is 0 Å². The first-order valence-corrected chi connectivity index (χ1v) is 7.67. The van der Waals surface area contributed by atoms with Crippen LogP contribution in [0.15, 0.2) is 12.7 Å². The van der Waals surface area contributed by atoms with Crippen molar-refractivity contribution in [2.45, 2.75) is 60.3 Å². The maximum Gasteiger partial charge on any atom is 0.000134 e. The van der Waals surface area contributed by atoms with E-state index in [0.717, 1.165) is 11.8 Å². The van der Waals surface area contributed by atoms with Crippen molar-refractivity contribution in [3.63, 3.8) is 0 Å². The molecular formula is C17H35N. The molecule has 0 radical (unpaired) electrons. The molecule has 0 heterocycles. The molecule has 0 amide bonds. The van der Waals surface area contributed by atoms with Gasteiger partial charge in [0.05, 0.1) is 0 Å². The van der Waals surface area contributed by atoms with E-state index in [-0.39, 0.29) is 0 Å². The molecule has 0 aromatic rings. The topological polar surface area (TPSA) is 3.24 Å². The molecule has 0 N–H and O–H groups in total. The lowest BCUT2D eigenvalue weighted by atomic mass is 9.76. The van der Waals surface area contributed by atoms with Gasteiger partial charge in [-0.1, -0.05) is 47.1 Å². The Bertz CT molecular complexity index is 220. The molecule has 1 nitrogen and oxygen atoms in total. The maximum atomic E-state index is 4.10. The van der Waals surface area contributed by atoms with E-state index < -0.39 is 0 Å².